The van der Waals surface area contributed by atoms with Crippen LogP contribution in [0.1, 0.15) is 50.3 Å². The van der Waals surface area contributed by atoms with Gasteiger partial charge >= 0.3 is 6.18 Å². The van der Waals surface area contributed by atoms with Crippen molar-refractivity contribution in [2.45, 2.75) is 51.4 Å². The van der Waals surface area contributed by atoms with Gasteiger partial charge in [-0.25, -0.2) is 19.4 Å². The number of anilines is 5. The van der Waals surface area contributed by atoms with Crippen molar-refractivity contribution in [1.82, 2.24) is 14.9 Å². The predicted molar refractivity (Wildman–Crippen MR) is 172 cm³/mol. The minimum Gasteiger partial charge on any atom is -0.494 e. The van der Waals surface area contributed by atoms with Crippen molar-refractivity contribution in [3.05, 3.63) is 72.3 Å². The van der Waals surface area contributed by atoms with Gasteiger partial charge in [0.05, 0.1) is 42.4 Å². The van der Waals surface area contributed by atoms with Crippen LogP contribution in [0.2, 0.25) is 0 Å². The SMILES string of the molecule is C=CC(=O)Nc1cc(Nc2cc(N3OCCC3c3ccc(F)c(C(F)(F)F)c3)ncn2)c(OC)cc1N1CCC(N(CC)CC)CC1. The van der Waals surface area contributed by atoms with E-state index in [4.69, 9.17) is 9.57 Å². The third kappa shape index (κ3) is 7.60. The lowest BCUT2D eigenvalue weighted by atomic mass is 10.0. The van der Waals surface area contributed by atoms with Crippen LogP contribution < -0.4 is 25.3 Å². The van der Waals surface area contributed by atoms with Gasteiger partial charge in [0, 0.05) is 37.7 Å². The van der Waals surface area contributed by atoms with E-state index in [2.05, 4.69) is 50.8 Å². The molecule has 10 nitrogen and oxygen atoms in total. The molecule has 2 aromatic carbocycles. The zero-order valence-corrected chi connectivity index (χ0v) is 26.6. The van der Waals surface area contributed by atoms with Gasteiger partial charge in [0.25, 0.3) is 0 Å². The Hall–Kier alpha value is -4.43. The quantitative estimate of drug-likeness (QED) is 0.173. The highest BCUT2D eigenvalue weighted by Crippen LogP contribution is 2.41. The number of benzene rings is 2. The second kappa shape index (κ2) is 14.6. The number of alkyl halides is 3. The molecule has 14 heteroatoms. The first-order valence-corrected chi connectivity index (χ1v) is 15.6. The molecule has 0 radical (unpaired) electrons. The average Bonchev–Trinajstić information content (AvgIpc) is 3.56. The Morgan fingerprint density at radius 1 is 1.11 bits per heavy atom. The number of nitrogens with one attached hydrogen (secondary N) is 2. The second-order valence-electron chi connectivity index (χ2n) is 11.3. The van der Waals surface area contributed by atoms with Crippen LogP contribution >= 0.6 is 0 Å². The van der Waals surface area contributed by atoms with Crippen LogP contribution in [0.5, 0.6) is 5.75 Å². The van der Waals surface area contributed by atoms with Crippen LogP contribution in [-0.2, 0) is 15.8 Å². The number of piperidine rings is 1. The summed E-state index contributed by atoms with van der Waals surface area (Å²) in [4.78, 5) is 31.5. The van der Waals surface area contributed by atoms with Crippen molar-refractivity contribution in [3.8, 4) is 5.75 Å². The van der Waals surface area contributed by atoms with Crippen LogP contribution in [0, 0.1) is 5.82 Å². The molecule has 2 aliphatic heterocycles. The normalized spacial score (nSPS) is 17.2. The molecule has 1 atom stereocenters. The van der Waals surface area contributed by atoms with Gasteiger partial charge in [-0.15, -0.1) is 0 Å². The Morgan fingerprint density at radius 3 is 2.51 bits per heavy atom. The molecule has 0 bridgehead atoms. The Balaban J connectivity index is 1.41. The molecular weight excluding hydrogens is 618 g/mol. The maximum absolute atomic E-state index is 14.0. The number of carbonyl (C=O) groups is 1. The van der Waals surface area contributed by atoms with Crippen molar-refractivity contribution < 1.29 is 31.9 Å². The Morgan fingerprint density at radius 2 is 1.85 bits per heavy atom. The number of rotatable bonds is 11. The summed E-state index contributed by atoms with van der Waals surface area (Å²) in [5, 5.41) is 7.54. The van der Waals surface area contributed by atoms with Crippen molar-refractivity contribution in [2.75, 3.05) is 60.5 Å². The summed E-state index contributed by atoms with van der Waals surface area (Å²) in [6, 6.07) is 8.01. The summed E-state index contributed by atoms with van der Waals surface area (Å²) in [6.07, 6.45) is -0.00544. The average molecular weight is 658 g/mol. The lowest BCUT2D eigenvalue weighted by Gasteiger charge is -2.39. The zero-order valence-electron chi connectivity index (χ0n) is 26.6. The van der Waals surface area contributed by atoms with E-state index in [-0.39, 0.29) is 23.9 Å². The van der Waals surface area contributed by atoms with Crippen molar-refractivity contribution in [2.24, 2.45) is 0 Å². The molecule has 2 fully saturated rings. The molecule has 47 heavy (non-hydrogen) atoms. The molecule has 1 unspecified atom stereocenters. The highest BCUT2D eigenvalue weighted by atomic mass is 19.4. The van der Waals surface area contributed by atoms with Crippen molar-refractivity contribution in [3.63, 3.8) is 0 Å². The number of halogens is 4. The highest BCUT2D eigenvalue weighted by molar-refractivity contribution is 6.02. The summed E-state index contributed by atoms with van der Waals surface area (Å²) in [5.74, 6) is -0.575. The Bertz CT molecular complexity index is 1580. The van der Waals surface area contributed by atoms with E-state index in [0.717, 1.165) is 56.8 Å². The summed E-state index contributed by atoms with van der Waals surface area (Å²) >= 11 is 0. The van der Waals surface area contributed by atoms with Crippen LogP contribution in [0.3, 0.4) is 0 Å². The van der Waals surface area contributed by atoms with Gasteiger partial charge in [-0.2, -0.15) is 13.2 Å². The fourth-order valence-electron chi connectivity index (χ4n) is 6.23. The first-order valence-electron chi connectivity index (χ1n) is 15.6. The lowest BCUT2D eigenvalue weighted by Crippen LogP contribution is -2.45. The van der Waals surface area contributed by atoms with E-state index >= 15 is 0 Å². The number of amides is 1. The molecule has 252 valence electrons. The number of carbonyl (C=O) groups excluding carboxylic acids is 1. The Labute approximate surface area is 271 Å². The molecule has 3 aromatic rings. The largest absolute Gasteiger partial charge is 0.494 e. The van der Waals surface area contributed by atoms with E-state index in [1.807, 2.05) is 6.07 Å². The summed E-state index contributed by atoms with van der Waals surface area (Å²) < 4.78 is 60.0. The van der Waals surface area contributed by atoms with Gasteiger partial charge in [-0.3, -0.25) is 9.63 Å². The fourth-order valence-corrected chi connectivity index (χ4v) is 6.23. The molecule has 2 N–H and O–H groups in total. The van der Waals surface area contributed by atoms with Crippen LogP contribution in [-0.4, -0.2) is 66.7 Å². The second-order valence-corrected chi connectivity index (χ2v) is 11.3. The van der Waals surface area contributed by atoms with Crippen LogP contribution in [0.4, 0.5) is 46.3 Å². The van der Waals surface area contributed by atoms with Crippen molar-refractivity contribution in [1.29, 1.82) is 0 Å². The number of ether oxygens (including phenoxy) is 1. The minimum absolute atomic E-state index is 0.226. The summed E-state index contributed by atoms with van der Waals surface area (Å²) in [7, 11) is 1.55. The number of hydroxylamine groups is 1. The minimum atomic E-state index is -4.84. The van der Waals surface area contributed by atoms with Gasteiger partial charge < -0.3 is 25.2 Å². The Kier molecular flexibility index (Phi) is 10.5. The van der Waals surface area contributed by atoms with E-state index < -0.39 is 23.6 Å². The van der Waals surface area contributed by atoms with Gasteiger partial charge in [0.15, 0.2) is 5.82 Å². The number of hydrogen-bond acceptors (Lipinski definition) is 9. The van der Waals surface area contributed by atoms with E-state index in [9.17, 15) is 22.4 Å². The third-order valence-electron chi connectivity index (χ3n) is 8.62. The predicted octanol–water partition coefficient (Wildman–Crippen LogP) is 6.70. The first-order chi connectivity index (χ1) is 22.6. The van der Waals surface area contributed by atoms with Crippen molar-refractivity contribution >= 4 is 34.6 Å². The molecule has 2 aliphatic rings. The molecule has 0 saturated carbocycles. The molecule has 5 rings (SSSR count). The molecule has 1 aromatic heterocycles. The summed E-state index contributed by atoms with van der Waals surface area (Å²) in [6.45, 7) is 11.8. The third-order valence-corrected chi connectivity index (χ3v) is 8.62. The number of methoxy groups -OCH3 is 1. The molecule has 0 spiro atoms. The molecule has 1 amide bonds. The highest BCUT2D eigenvalue weighted by Gasteiger charge is 2.37. The standard InChI is InChI=1S/C33H39F4N7O3/c1-5-32(45)41-25-17-26(29(46-4)18-28(25)43-13-10-22(11-14-43)42(6-2)7-3)40-30-19-31(39-20-38-30)44-27(12-15-47-44)21-8-9-24(34)23(16-21)33(35,36)37/h5,8-9,16-20,22,27H,1,6-7,10-15H2,2-4H3,(H,41,45)(H,38,39,40). The molecule has 2 saturated heterocycles. The van der Waals surface area contributed by atoms with Gasteiger partial charge in [0.1, 0.15) is 23.7 Å². The molecular formula is C33H39F4N7O3. The summed E-state index contributed by atoms with van der Waals surface area (Å²) in [5.41, 5.74) is 0.786. The van der Waals surface area contributed by atoms with Crippen LogP contribution in [0.25, 0.3) is 0 Å². The smallest absolute Gasteiger partial charge is 0.419 e. The fraction of sp³-hybridized carbons (Fsp3) is 0.424. The lowest BCUT2D eigenvalue weighted by molar-refractivity contribution is -0.140. The topological polar surface area (TPSA) is 95.1 Å². The zero-order chi connectivity index (χ0) is 33.7. The van der Waals surface area contributed by atoms with Gasteiger partial charge in [-0.1, -0.05) is 26.5 Å². The number of aromatic nitrogens is 2. The molecule has 0 aliphatic carbocycles. The number of hydrogen-bond donors (Lipinski definition) is 2. The van der Waals surface area contributed by atoms with E-state index in [1.165, 1.54) is 23.5 Å². The maximum Gasteiger partial charge on any atom is 0.419 e. The number of nitrogens with zero attached hydrogens (tertiary/aromatic N) is 5. The van der Waals surface area contributed by atoms with E-state index in [1.54, 1.807) is 19.2 Å². The van der Waals surface area contributed by atoms with Gasteiger partial charge in [0.2, 0.25) is 5.91 Å². The monoisotopic (exact) mass is 657 g/mol. The van der Waals surface area contributed by atoms with E-state index in [0.29, 0.717) is 35.4 Å². The molecule has 3 heterocycles. The van der Waals surface area contributed by atoms with Crippen LogP contribution in [0.15, 0.2) is 55.4 Å². The maximum atomic E-state index is 14.0. The first kappa shape index (κ1) is 33.9. The van der Waals surface area contributed by atoms with Gasteiger partial charge in [-0.05, 0) is 55.8 Å².